The minimum atomic E-state index is -3.62. The molecule has 0 saturated carbocycles. The quantitative estimate of drug-likeness (QED) is 0.0657. The Kier molecular flexibility index (Phi) is 14.8. The predicted molar refractivity (Wildman–Crippen MR) is 183 cm³/mol. The van der Waals surface area contributed by atoms with Crippen molar-refractivity contribution in [1.82, 2.24) is 19.7 Å². The van der Waals surface area contributed by atoms with Crippen molar-refractivity contribution in [3.8, 4) is 18.1 Å². The molecule has 2 unspecified atom stereocenters. The molecular weight excluding hydrogens is 717 g/mol. The van der Waals surface area contributed by atoms with Crippen LogP contribution in [-0.2, 0) is 38.3 Å². The van der Waals surface area contributed by atoms with Gasteiger partial charge in [0, 0.05) is 13.1 Å². The van der Waals surface area contributed by atoms with Crippen LogP contribution in [0.5, 0.6) is 5.75 Å². The van der Waals surface area contributed by atoms with Gasteiger partial charge in [0.2, 0.25) is 5.28 Å². The molecule has 2 N–H and O–H groups in total. The first-order valence-corrected chi connectivity index (χ1v) is 19.4. The molecule has 2 aromatic heterocycles. The average Bonchev–Trinajstić information content (AvgIpc) is 3.71. The van der Waals surface area contributed by atoms with Crippen LogP contribution < -0.4 is 9.64 Å². The monoisotopic (exact) mass is 757 g/mol. The first kappa shape index (κ1) is 38.5. The number of sulfone groups is 1. The molecule has 50 heavy (non-hydrogen) atoms. The number of halogens is 1. The summed E-state index contributed by atoms with van der Waals surface area (Å²) in [5.74, 6) is 3.42. The van der Waals surface area contributed by atoms with Crippen molar-refractivity contribution in [3.63, 3.8) is 0 Å². The Hall–Kier alpha value is -2.72. The maximum Gasteiger partial charge on any atom is 0.226 e. The van der Waals surface area contributed by atoms with E-state index in [2.05, 4.69) is 21.0 Å². The van der Waals surface area contributed by atoms with E-state index in [-0.39, 0.29) is 48.9 Å². The highest BCUT2D eigenvalue weighted by molar-refractivity contribution is 7.92. The number of aromatic nitrogens is 4. The van der Waals surface area contributed by atoms with E-state index in [1.54, 1.807) is 35.1 Å². The molecule has 3 aromatic rings. The van der Waals surface area contributed by atoms with Crippen molar-refractivity contribution in [2.45, 2.75) is 35.3 Å². The highest BCUT2D eigenvalue weighted by atomic mass is 35.5. The van der Waals surface area contributed by atoms with Crippen LogP contribution >= 0.6 is 20.0 Å². The molecule has 0 aliphatic carbocycles. The van der Waals surface area contributed by atoms with Gasteiger partial charge in [-0.1, -0.05) is 5.92 Å². The van der Waals surface area contributed by atoms with Gasteiger partial charge in [0.15, 0.2) is 30.1 Å². The normalized spacial score (nSPS) is 18.2. The molecule has 1 aromatic carbocycles. The SMILES string of the molecule is C#CCOCCOCCOCCOCCOc1ccc(S(=O)(=O)C2CN(c3nc(Cl)nc4c3cnn4C3CCC(COCP(O)O)O3)C2)cc1. The van der Waals surface area contributed by atoms with Crippen LogP contribution in [0.4, 0.5) is 5.82 Å². The summed E-state index contributed by atoms with van der Waals surface area (Å²) in [6.45, 7) is 4.25. The molecule has 19 heteroatoms. The van der Waals surface area contributed by atoms with Crippen molar-refractivity contribution in [2.75, 3.05) is 90.4 Å². The largest absolute Gasteiger partial charge is 0.491 e. The number of terminal acetylenes is 1. The Morgan fingerprint density at radius 3 is 2.26 bits per heavy atom. The molecule has 0 radical (unpaired) electrons. The fourth-order valence-electron chi connectivity index (χ4n) is 5.33. The van der Waals surface area contributed by atoms with Crippen LogP contribution in [0.15, 0.2) is 35.4 Å². The number of anilines is 1. The third kappa shape index (κ3) is 10.7. The molecule has 0 bridgehead atoms. The van der Waals surface area contributed by atoms with Crippen LogP contribution in [0, 0.1) is 12.3 Å². The third-order valence-corrected chi connectivity index (χ3v) is 10.5. The van der Waals surface area contributed by atoms with Crippen molar-refractivity contribution in [3.05, 3.63) is 35.7 Å². The maximum absolute atomic E-state index is 13.4. The van der Waals surface area contributed by atoms with E-state index in [0.29, 0.717) is 88.3 Å². The average molecular weight is 758 g/mol. The van der Waals surface area contributed by atoms with Gasteiger partial charge in [0.05, 0.1) is 75.4 Å². The van der Waals surface area contributed by atoms with Gasteiger partial charge in [-0.3, -0.25) is 0 Å². The van der Waals surface area contributed by atoms with Gasteiger partial charge in [-0.2, -0.15) is 15.1 Å². The second-order valence-electron chi connectivity index (χ2n) is 11.3. The summed E-state index contributed by atoms with van der Waals surface area (Å²) in [6, 6.07) is 6.35. The molecule has 2 aliphatic rings. The van der Waals surface area contributed by atoms with E-state index in [9.17, 15) is 8.42 Å². The first-order chi connectivity index (χ1) is 24.3. The van der Waals surface area contributed by atoms with Gasteiger partial charge < -0.3 is 47.8 Å². The summed E-state index contributed by atoms with van der Waals surface area (Å²) in [5.41, 5.74) is 0.474. The van der Waals surface area contributed by atoms with E-state index >= 15 is 0 Å². The summed E-state index contributed by atoms with van der Waals surface area (Å²) in [7, 11) is -5.74. The molecule has 16 nitrogen and oxygen atoms in total. The maximum atomic E-state index is 13.4. The lowest BCUT2D eigenvalue weighted by molar-refractivity contribution is -0.0384. The Bertz CT molecular complexity index is 1650. The number of benzene rings is 1. The zero-order valence-corrected chi connectivity index (χ0v) is 29.8. The van der Waals surface area contributed by atoms with Gasteiger partial charge in [-0.15, -0.1) is 6.42 Å². The van der Waals surface area contributed by atoms with Crippen LogP contribution in [0.1, 0.15) is 19.1 Å². The molecule has 0 amide bonds. The number of hydrogen-bond acceptors (Lipinski definition) is 15. The number of fused-ring (bicyclic) bond motifs is 1. The molecule has 2 saturated heterocycles. The minimum Gasteiger partial charge on any atom is -0.491 e. The molecule has 274 valence electrons. The number of hydrogen-bond donors (Lipinski definition) is 2. The second-order valence-corrected chi connectivity index (χ2v) is 14.9. The summed E-state index contributed by atoms with van der Waals surface area (Å²) in [4.78, 5) is 28.9. The standard InChI is InChI=1S/C31H41ClN5O11PS/c1-2-9-42-10-11-43-12-13-44-14-15-45-16-17-47-23-3-6-25(7-4-23)50(40,41)26-19-36(20-26)29-27-18-33-37(30(27)35-31(32)34-29)28-8-5-24(48-28)21-46-22-49(38)39/h1,3-4,6-7,18,24,26,28,38-39H,5,8-17,19-22H2. The molecule has 2 atom stereocenters. The highest BCUT2D eigenvalue weighted by Crippen LogP contribution is 2.36. The van der Waals surface area contributed by atoms with Crippen molar-refractivity contribution < 1.29 is 51.4 Å². The number of ether oxygens (including phenoxy) is 7. The molecular formula is C31H41ClN5O11PS. The lowest BCUT2D eigenvalue weighted by Gasteiger charge is -2.39. The summed E-state index contributed by atoms with van der Waals surface area (Å²) >= 11 is 6.30. The Morgan fingerprint density at radius 1 is 0.940 bits per heavy atom. The molecule has 5 rings (SSSR count). The van der Waals surface area contributed by atoms with Gasteiger partial charge in [0.25, 0.3) is 0 Å². The minimum absolute atomic E-state index is 0.00704. The third-order valence-electron chi connectivity index (χ3n) is 7.81. The zero-order chi connectivity index (χ0) is 35.3. The summed E-state index contributed by atoms with van der Waals surface area (Å²) in [5, 5.41) is 4.47. The molecule has 0 spiro atoms. The highest BCUT2D eigenvalue weighted by Gasteiger charge is 2.40. The van der Waals surface area contributed by atoms with Gasteiger partial charge >= 0.3 is 0 Å². The lowest BCUT2D eigenvalue weighted by atomic mass is 10.2. The Balaban J connectivity index is 1.03. The first-order valence-electron chi connectivity index (χ1n) is 16.0. The van der Waals surface area contributed by atoms with E-state index < -0.39 is 29.7 Å². The molecule has 4 heterocycles. The number of rotatable bonds is 22. The Morgan fingerprint density at radius 2 is 1.60 bits per heavy atom. The lowest BCUT2D eigenvalue weighted by Crippen LogP contribution is -2.55. The van der Waals surface area contributed by atoms with E-state index in [1.807, 2.05) is 4.90 Å². The van der Waals surface area contributed by atoms with Crippen molar-refractivity contribution >= 4 is 46.7 Å². The fraction of sp³-hybridized carbons (Fsp3) is 0.581. The van der Waals surface area contributed by atoms with Crippen LogP contribution in [0.25, 0.3) is 11.0 Å². The summed E-state index contributed by atoms with van der Waals surface area (Å²) in [6.07, 6.45) is 7.28. The molecule has 2 aliphatic heterocycles. The van der Waals surface area contributed by atoms with Gasteiger partial charge in [-0.05, 0) is 48.7 Å². The number of nitrogens with zero attached hydrogens (tertiary/aromatic N) is 5. The fourth-order valence-corrected chi connectivity index (χ4v) is 7.41. The van der Waals surface area contributed by atoms with Crippen molar-refractivity contribution in [2.24, 2.45) is 0 Å². The van der Waals surface area contributed by atoms with E-state index in [1.165, 1.54) is 0 Å². The van der Waals surface area contributed by atoms with E-state index in [4.69, 9.17) is 61.0 Å². The topological polar surface area (TPSA) is 186 Å². The van der Waals surface area contributed by atoms with Crippen LogP contribution in [-0.4, -0.2) is 135 Å². The van der Waals surface area contributed by atoms with Crippen molar-refractivity contribution in [1.29, 1.82) is 0 Å². The van der Waals surface area contributed by atoms with E-state index in [0.717, 1.165) is 0 Å². The van der Waals surface area contributed by atoms with Gasteiger partial charge in [-0.25, -0.2) is 13.1 Å². The van der Waals surface area contributed by atoms with Crippen LogP contribution in [0.3, 0.4) is 0 Å². The van der Waals surface area contributed by atoms with Gasteiger partial charge in [0.1, 0.15) is 36.4 Å². The zero-order valence-electron chi connectivity index (χ0n) is 27.3. The Labute approximate surface area is 296 Å². The van der Waals surface area contributed by atoms with Crippen LogP contribution in [0.2, 0.25) is 5.28 Å². The second kappa shape index (κ2) is 19.2. The smallest absolute Gasteiger partial charge is 0.226 e. The summed E-state index contributed by atoms with van der Waals surface area (Å²) < 4.78 is 66.9. The predicted octanol–water partition coefficient (Wildman–Crippen LogP) is 2.17. The molecule has 2 fully saturated rings.